The molecule has 0 unspecified atom stereocenters. The van der Waals surface area contributed by atoms with Crippen molar-refractivity contribution in [2.45, 2.75) is 71.6 Å². The Kier molecular flexibility index (Phi) is 7.38. The smallest absolute Gasteiger partial charge is 0.152 e. The summed E-state index contributed by atoms with van der Waals surface area (Å²) in [5, 5.41) is 16.9. The van der Waals surface area contributed by atoms with E-state index in [0.717, 1.165) is 23.3 Å². The molecule has 0 spiro atoms. The van der Waals surface area contributed by atoms with Gasteiger partial charge in [0.05, 0.1) is 12.7 Å². The van der Waals surface area contributed by atoms with Crippen molar-refractivity contribution >= 4 is 5.57 Å². The van der Waals surface area contributed by atoms with Crippen molar-refractivity contribution in [3.63, 3.8) is 0 Å². The van der Waals surface area contributed by atoms with Crippen LogP contribution in [-0.4, -0.2) is 11.8 Å². The Balaban J connectivity index is 0.00000105. The highest BCUT2D eigenvalue weighted by Gasteiger charge is 2.38. The number of ether oxygens (including phenoxy) is 1. The largest absolute Gasteiger partial charge is 0.493 e. The second-order valence-electron chi connectivity index (χ2n) is 8.05. The van der Waals surface area contributed by atoms with Crippen LogP contribution in [0, 0.1) is 16.2 Å². The highest BCUT2D eigenvalue weighted by atomic mass is 16.6. The van der Waals surface area contributed by atoms with E-state index in [1.54, 1.807) is 6.08 Å². The summed E-state index contributed by atoms with van der Waals surface area (Å²) in [4.78, 5) is 8.11. The van der Waals surface area contributed by atoms with Crippen molar-refractivity contribution in [1.82, 2.24) is 0 Å². The van der Waals surface area contributed by atoms with Crippen molar-refractivity contribution < 1.29 is 9.94 Å². The minimum Gasteiger partial charge on any atom is -0.493 e. The lowest BCUT2D eigenvalue weighted by atomic mass is 9.62. The van der Waals surface area contributed by atoms with Crippen molar-refractivity contribution in [2.24, 2.45) is 5.34 Å². The number of nitriles is 1. The van der Waals surface area contributed by atoms with Crippen LogP contribution in [0.4, 0.5) is 0 Å². The van der Waals surface area contributed by atoms with Gasteiger partial charge in [0.2, 0.25) is 0 Å². The van der Waals surface area contributed by atoms with Gasteiger partial charge in [0, 0.05) is 11.6 Å². The summed E-state index contributed by atoms with van der Waals surface area (Å²) in [6, 6.07) is 6.65. The average Bonchev–Trinajstić information content (AvgIpc) is 2.57. The normalized spacial score (nSPS) is 17.2. The summed E-state index contributed by atoms with van der Waals surface area (Å²) in [7, 11) is 0. The van der Waals surface area contributed by atoms with Crippen LogP contribution in [0.15, 0.2) is 23.5 Å². The van der Waals surface area contributed by atoms with Crippen LogP contribution >= 0.6 is 0 Å². The lowest BCUT2D eigenvalue weighted by Crippen LogP contribution is -2.34. The van der Waals surface area contributed by atoms with E-state index >= 15 is 0 Å². The number of allylic oxidation sites excluding steroid dienone is 2. The Hall–Kier alpha value is -2.35. The fraction of sp³-hybridized carbons (Fsp3) is 0.571. The number of benzene rings is 1. The van der Waals surface area contributed by atoms with Gasteiger partial charge in [0.25, 0.3) is 0 Å². The summed E-state index contributed by atoms with van der Waals surface area (Å²) in [6.45, 7) is 14.1. The first-order valence-corrected chi connectivity index (χ1v) is 9.00. The number of nitrogens with zero attached hydrogens (tertiary/aromatic N) is 2. The molecule has 142 valence electrons. The molecule has 0 amide bonds. The third-order valence-corrected chi connectivity index (χ3v) is 5.12. The Morgan fingerprint density at radius 3 is 2.23 bits per heavy atom. The molecule has 2 rings (SSSR count). The van der Waals surface area contributed by atoms with E-state index in [2.05, 4.69) is 52.8 Å². The third-order valence-electron chi connectivity index (χ3n) is 5.12. The van der Waals surface area contributed by atoms with Gasteiger partial charge in [0.15, 0.2) is 5.34 Å². The highest BCUT2D eigenvalue weighted by Crippen LogP contribution is 2.48. The van der Waals surface area contributed by atoms with Gasteiger partial charge in [0.1, 0.15) is 5.75 Å². The predicted molar refractivity (Wildman–Crippen MR) is 104 cm³/mol. The molecule has 5 heteroatoms. The molecule has 1 aromatic rings. The molecule has 0 saturated carbocycles. The van der Waals surface area contributed by atoms with Gasteiger partial charge in [-0.3, -0.25) is 0 Å². The first-order valence-electron chi connectivity index (χ1n) is 9.00. The van der Waals surface area contributed by atoms with Gasteiger partial charge in [-0.1, -0.05) is 34.6 Å². The van der Waals surface area contributed by atoms with Gasteiger partial charge >= 0.3 is 0 Å². The van der Waals surface area contributed by atoms with E-state index < -0.39 is 0 Å². The molecule has 0 aromatic heterocycles. The zero-order valence-electron chi connectivity index (χ0n) is 16.7. The summed E-state index contributed by atoms with van der Waals surface area (Å²) >= 11 is 0. The van der Waals surface area contributed by atoms with E-state index in [9.17, 15) is 0 Å². The molecule has 1 aliphatic rings. The summed E-state index contributed by atoms with van der Waals surface area (Å²) in [5.41, 5.74) is 5.16. The Labute approximate surface area is 156 Å². The maximum absolute atomic E-state index is 9.02. The van der Waals surface area contributed by atoms with E-state index in [-0.39, 0.29) is 10.8 Å². The summed E-state index contributed by atoms with van der Waals surface area (Å²) in [5.74, 6) is 0.917. The Morgan fingerprint density at radius 1 is 1.27 bits per heavy atom. The van der Waals surface area contributed by atoms with Crippen LogP contribution in [0.5, 0.6) is 5.75 Å². The van der Waals surface area contributed by atoms with Gasteiger partial charge in [-0.25, -0.2) is 0 Å². The molecule has 5 nitrogen and oxygen atoms in total. The van der Waals surface area contributed by atoms with Crippen molar-refractivity contribution in [1.29, 1.82) is 5.26 Å². The minimum atomic E-state index is 0.163. The summed E-state index contributed by atoms with van der Waals surface area (Å²) in [6.07, 6.45) is 4.96. The fourth-order valence-electron chi connectivity index (χ4n) is 3.41. The van der Waals surface area contributed by atoms with E-state index in [1.165, 1.54) is 29.3 Å². The molecule has 0 saturated heterocycles. The maximum Gasteiger partial charge on any atom is 0.152 e. The SMILES string of the molecule is CCCOc1cc2c(cc1C(C)=CC#N)C(C)(C)CCC2(C)C.O=NO. The first kappa shape index (κ1) is 21.7. The van der Waals surface area contributed by atoms with Crippen LogP contribution in [0.3, 0.4) is 0 Å². The van der Waals surface area contributed by atoms with Crippen LogP contribution < -0.4 is 4.74 Å². The molecule has 26 heavy (non-hydrogen) atoms. The molecule has 0 heterocycles. The topological polar surface area (TPSA) is 82.7 Å². The van der Waals surface area contributed by atoms with Crippen LogP contribution in [-0.2, 0) is 10.8 Å². The van der Waals surface area contributed by atoms with Gasteiger partial charge < -0.3 is 9.94 Å². The second-order valence-corrected chi connectivity index (χ2v) is 8.05. The predicted octanol–water partition coefficient (Wildman–Crippen LogP) is 5.89. The van der Waals surface area contributed by atoms with Crippen LogP contribution in [0.2, 0.25) is 0 Å². The van der Waals surface area contributed by atoms with Crippen molar-refractivity contribution in [3.05, 3.63) is 39.8 Å². The maximum atomic E-state index is 9.02. The zero-order chi connectivity index (χ0) is 20.0. The van der Waals surface area contributed by atoms with Crippen LogP contribution in [0.25, 0.3) is 5.57 Å². The van der Waals surface area contributed by atoms with Gasteiger partial charge in [-0.2, -0.15) is 5.26 Å². The molecule has 1 aromatic carbocycles. The average molecular weight is 358 g/mol. The van der Waals surface area contributed by atoms with Gasteiger partial charge in [-0.15, -0.1) is 4.91 Å². The van der Waals surface area contributed by atoms with E-state index in [0.29, 0.717) is 6.61 Å². The van der Waals surface area contributed by atoms with Crippen molar-refractivity contribution in [2.75, 3.05) is 6.61 Å². The van der Waals surface area contributed by atoms with E-state index in [1.807, 2.05) is 6.92 Å². The highest BCUT2D eigenvalue weighted by molar-refractivity contribution is 5.73. The molecule has 1 N–H and O–H groups in total. The third kappa shape index (κ3) is 4.85. The number of fused-ring (bicyclic) bond motifs is 1. The summed E-state index contributed by atoms with van der Waals surface area (Å²) < 4.78 is 6.03. The number of hydrogen-bond donors (Lipinski definition) is 1. The monoisotopic (exact) mass is 358 g/mol. The molecule has 0 radical (unpaired) electrons. The molecule has 0 fully saturated rings. The zero-order valence-corrected chi connectivity index (χ0v) is 16.7. The first-order chi connectivity index (χ1) is 12.1. The Bertz CT molecular complexity index is 713. The number of hydrogen-bond acceptors (Lipinski definition) is 4. The van der Waals surface area contributed by atoms with Crippen molar-refractivity contribution in [3.8, 4) is 11.8 Å². The molecule has 0 aliphatic heterocycles. The second kappa shape index (κ2) is 8.84. The minimum absolute atomic E-state index is 0.163. The molecular formula is C21H30N2O3. The molecule has 0 atom stereocenters. The molecule has 0 bridgehead atoms. The molecular weight excluding hydrogens is 328 g/mol. The fourth-order valence-corrected chi connectivity index (χ4v) is 3.41. The quantitative estimate of drug-likeness (QED) is 0.413. The van der Waals surface area contributed by atoms with Crippen LogP contribution in [0.1, 0.15) is 77.5 Å². The standard InChI is InChI=1S/C21H29NO.HNO2/c1-7-12-23-19-14-18-17(13-16(19)15(2)8-11-22)20(3,4)9-10-21(18,5)6;2-1-3/h8,13-14H,7,9-10,12H2,1-6H3;(H,2,3). The van der Waals surface area contributed by atoms with Gasteiger partial charge in [-0.05, 0) is 65.8 Å². The lowest BCUT2D eigenvalue weighted by molar-refractivity contribution is 0.306. The van der Waals surface area contributed by atoms with E-state index in [4.69, 9.17) is 20.1 Å². The lowest BCUT2D eigenvalue weighted by Gasteiger charge is -2.42. The Morgan fingerprint density at radius 2 is 1.77 bits per heavy atom. The number of rotatable bonds is 4. The molecule has 1 aliphatic carbocycles.